The second-order valence-corrected chi connectivity index (χ2v) is 6.27. The summed E-state index contributed by atoms with van der Waals surface area (Å²) in [6.45, 7) is 3.32. The Bertz CT molecular complexity index is 771. The average Bonchev–Trinajstić information content (AvgIpc) is 2.70. The molecule has 0 bridgehead atoms. The second-order valence-electron chi connectivity index (χ2n) is 6.27. The van der Waals surface area contributed by atoms with Crippen LogP contribution in [-0.4, -0.2) is 56.5 Å². The molecular formula is C20H24FN5O. The number of aliphatic imine (C=N–C) groups is 1. The quantitative estimate of drug-likeness (QED) is 0.641. The first-order valence-electron chi connectivity index (χ1n) is 8.97. The molecular weight excluding hydrogens is 345 g/mol. The summed E-state index contributed by atoms with van der Waals surface area (Å²) in [6.07, 6.45) is 0. The molecule has 3 rings (SSSR count). The number of benzene rings is 2. The van der Waals surface area contributed by atoms with Crippen molar-refractivity contribution >= 4 is 23.2 Å². The summed E-state index contributed by atoms with van der Waals surface area (Å²) in [5, 5.41) is 5.96. The largest absolute Gasteiger partial charge is 0.368 e. The van der Waals surface area contributed by atoms with Crippen molar-refractivity contribution in [3.05, 3.63) is 60.4 Å². The van der Waals surface area contributed by atoms with Crippen LogP contribution in [0.1, 0.15) is 0 Å². The van der Waals surface area contributed by atoms with Gasteiger partial charge in [0.05, 0.1) is 6.54 Å². The SMILES string of the molecule is CN=C(NCC(=O)Nc1ccccc1)N1CCN(c2ccc(F)cc2)CC1. The van der Waals surface area contributed by atoms with Crippen molar-refractivity contribution in [3.63, 3.8) is 0 Å². The van der Waals surface area contributed by atoms with Crippen LogP contribution in [0.5, 0.6) is 0 Å². The van der Waals surface area contributed by atoms with E-state index in [1.807, 2.05) is 30.3 Å². The smallest absolute Gasteiger partial charge is 0.243 e. The van der Waals surface area contributed by atoms with Gasteiger partial charge in [-0.25, -0.2) is 4.39 Å². The molecule has 0 saturated carbocycles. The van der Waals surface area contributed by atoms with Crippen molar-refractivity contribution in [2.75, 3.05) is 50.0 Å². The highest BCUT2D eigenvalue weighted by Gasteiger charge is 2.20. The van der Waals surface area contributed by atoms with E-state index >= 15 is 0 Å². The molecule has 0 aliphatic carbocycles. The summed E-state index contributed by atoms with van der Waals surface area (Å²) in [5.41, 5.74) is 1.79. The number of halogens is 1. The van der Waals surface area contributed by atoms with Gasteiger partial charge in [-0.1, -0.05) is 18.2 Å². The summed E-state index contributed by atoms with van der Waals surface area (Å²) >= 11 is 0. The first kappa shape index (κ1) is 18.7. The zero-order chi connectivity index (χ0) is 19.1. The van der Waals surface area contributed by atoms with E-state index in [1.165, 1.54) is 12.1 Å². The second kappa shape index (κ2) is 9.02. The molecule has 2 N–H and O–H groups in total. The van der Waals surface area contributed by atoms with Gasteiger partial charge in [0.15, 0.2) is 5.96 Å². The van der Waals surface area contributed by atoms with Gasteiger partial charge in [-0.3, -0.25) is 9.79 Å². The standard InChI is InChI=1S/C20H24FN5O/c1-22-20(23-15-19(27)24-17-5-3-2-4-6-17)26-13-11-25(12-14-26)18-9-7-16(21)8-10-18/h2-10H,11-15H2,1H3,(H,22,23)(H,24,27). The van der Waals surface area contributed by atoms with Crippen molar-refractivity contribution in [1.82, 2.24) is 10.2 Å². The zero-order valence-corrected chi connectivity index (χ0v) is 15.4. The molecule has 1 heterocycles. The molecule has 2 aromatic carbocycles. The molecule has 0 atom stereocenters. The first-order valence-corrected chi connectivity index (χ1v) is 8.97. The Morgan fingerprint density at radius 2 is 1.70 bits per heavy atom. The number of anilines is 2. The van der Waals surface area contributed by atoms with E-state index in [0.717, 1.165) is 37.6 Å². The van der Waals surface area contributed by atoms with E-state index in [4.69, 9.17) is 0 Å². The lowest BCUT2D eigenvalue weighted by atomic mass is 10.2. The number of nitrogens with one attached hydrogen (secondary N) is 2. The number of hydrogen-bond donors (Lipinski definition) is 2. The third-order valence-electron chi connectivity index (χ3n) is 4.45. The maximum absolute atomic E-state index is 13.1. The Balaban J connectivity index is 1.47. The average molecular weight is 369 g/mol. The van der Waals surface area contributed by atoms with Crippen LogP contribution in [0.4, 0.5) is 15.8 Å². The molecule has 6 nitrogen and oxygen atoms in total. The first-order chi connectivity index (χ1) is 13.2. The Labute approximate surface area is 158 Å². The van der Waals surface area contributed by atoms with Gasteiger partial charge in [-0.2, -0.15) is 0 Å². The monoisotopic (exact) mass is 369 g/mol. The van der Waals surface area contributed by atoms with Gasteiger partial charge in [-0.05, 0) is 36.4 Å². The van der Waals surface area contributed by atoms with Crippen LogP contribution in [0.3, 0.4) is 0 Å². The van der Waals surface area contributed by atoms with E-state index in [1.54, 1.807) is 19.2 Å². The van der Waals surface area contributed by atoms with E-state index in [-0.39, 0.29) is 18.3 Å². The highest BCUT2D eigenvalue weighted by molar-refractivity contribution is 5.95. The minimum atomic E-state index is -0.226. The number of carbonyl (C=O) groups excluding carboxylic acids is 1. The topological polar surface area (TPSA) is 60.0 Å². The molecule has 7 heteroatoms. The van der Waals surface area contributed by atoms with E-state index < -0.39 is 0 Å². The van der Waals surface area contributed by atoms with Crippen LogP contribution >= 0.6 is 0 Å². The van der Waals surface area contributed by atoms with Gasteiger partial charge in [0.1, 0.15) is 5.82 Å². The van der Waals surface area contributed by atoms with Gasteiger partial charge >= 0.3 is 0 Å². The molecule has 1 fully saturated rings. The van der Waals surface area contributed by atoms with Gasteiger partial charge in [0, 0.05) is 44.6 Å². The Hall–Kier alpha value is -3.09. The third-order valence-corrected chi connectivity index (χ3v) is 4.45. The minimum Gasteiger partial charge on any atom is -0.368 e. The fourth-order valence-electron chi connectivity index (χ4n) is 3.05. The lowest BCUT2D eigenvalue weighted by Gasteiger charge is -2.37. The molecule has 0 unspecified atom stereocenters. The van der Waals surface area contributed by atoms with Gasteiger partial charge in [-0.15, -0.1) is 0 Å². The Morgan fingerprint density at radius 1 is 1.04 bits per heavy atom. The van der Waals surface area contributed by atoms with Crippen molar-refractivity contribution in [2.24, 2.45) is 4.99 Å². The predicted molar refractivity (Wildman–Crippen MR) is 107 cm³/mol. The molecule has 1 saturated heterocycles. The molecule has 0 spiro atoms. The molecule has 0 radical (unpaired) electrons. The third kappa shape index (κ3) is 5.20. The lowest BCUT2D eigenvalue weighted by molar-refractivity contribution is -0.115. The van der Waals surface area contributed by atoms with Crippen LogP contribution in [0, 0.1) is 5.82 Å². The van der Waals surface area contributed by atoms with E-state index in [9.17, 15) is 9.18 Å². The molecule has 1 aliphatic heterocycles. The number of amides is 1. The van der Waals surface area contributed by atoms with Gasteiger partial charge < -0.3 is 20.4 Å². The van der Waals surface area contributed by atoms with Crippen LogP contribution in [0.25, 0.3) is 0 Å². The van der Waals surface area contributed by atoms with E-state index in [2.05, 4.69) is 25.4 Å². The summed E-state index contributed by atoms with van der Waals surface area (Å²) < 4.78 is 13.1. The number of para-hydroxylation sites is 1. The highest BCUT2D eigenvalue weighted by atomic mass is 19.1. The highest BCUT2D eigenvalue weighted by Crippen LogP contribution is 2.16. The van der Waals surface area contributed by atoms with Crippen molar-refractivity contribution in [3.8, 4) is 0 Å². The lowest BCUT2D eigenvalue weighted by Crippen LogP contribution is -2.53. The maximum atomic E-state index is 13.1. The number of guanidine groups is 1. The zero-order valence-electron chi connectivity index (χ0n) is 15.4. The Morgan fingerprint density at radius 3 is 2.33 bits per heavy atom. The number of nitrogens with zero attached hydrogens (tertiary/aromatic N) is 3. The van der Waals surface area contributed by atoms with Crippen LogP contribution < -0.4 is 15.5 Å². The van der Waals surface area contributed by atoms with Gasteiger partial charge in [0.2, 0.25) is 5.91 Å². The van der Waals surface area contributed by atoms with Gasteiger partial charge in [0.25, 0.3) is 0 Å². The predicted octanol–water partition coefficient (Wildman–Crippen LogP) is 2.16. The van der Waals surface area contributed by atoms with Crippen molar-refractivity contribution in [2.45, 2.75) is 0 Å². The van der Waals surface area contributed by atoms with E-state index in [0.29, 0.717) is 5.96 Å². The summed E-state index contributed by atoms with van der Waals surface area (Å²) in [4.78, 5) is 20.7. The molecule has 0 aromatic heterocycles. The molecule has 1 aliphatic rings. The summed E-state index contributed by atoms with van der Waals surface area (Å²) in [7, 11) is 1.71. The fraction of sp³-hybridized carbons (Fsp3) is 0.300. The molecule has 1 amide bonds. The van der Waals surface area contributed by atoms with Crippen molar-refractivity contribution in [1.29, 1.82) is 0 Å². The normalized spacial score (nSPS) is 14.8. The molecule has 2 aromatic rings. The maximum Gasteiger partial charge on any atom is 0.243 e. The van der Waals surface area contributed by atoms with Crippen molar-refractivity contribution < 1.29 is 9.18 Å². The molecule has 27 heavy (non-hydrogen) atoms. The number of piperazine rings is 1. The fourth-order valence-corrected chi connectivity index (χ4v) is 3.05. The summed E-state index contributed by atoms with van der Waals surface area (Å²) in [6, 6.07) is 15.9. The number of hydrogen-bond acceptors (Lipinski definition) is 3. The number of carbonyl (C=O) groups is 1. The Kier molecular flexibility index (Phi) is 6.25. The van der Waals surface area contributed by atoms with Crippen LogP contribution in [0.2, 0.25) is 0 Å². The number of rotatable bonds is 4. The van der Waals surface area contributed by atoms with Crippen LogP contribution in [0.15, 0.2) is 59.6 Å². The van der Waals surface area contributed by atoms with Crippen LogP contribution in [-0.2, 0) is 4.79 Å². The minimum absolute atomic E-state index is 0.118. The summed E-state index contributed by atoms with van der Waals surface area (Å²) in [5.74, 6) is 0.361. The molecule has 142 valence electrons.